The molecule has 0 bridgehead atoms. The molecule has 0 radical (unpaired) electrons. The zero-order chi connectivity index (χ0) is 12.4. The van der Waals surface area contributed by atoms with Gasteiger partial charge in [-0.2, -0.15) is 5.10 Å². The number of carbonyl (C=O) groups excluding carboxylic acids is 1. The number of aryl methyl sites for hydroxylation is 1. The highest BCUT2D eigenvalue weighted by molar-refractivity contribution is 5.83. The number of amides is 1. The van der Waals surface area contributed by atoms with E-state index in [0.717, 1.165) is 24.1 Å². The molecule has 17 heavy (non-hydrogen) atoms. The van der Waals surface area contributed by atoms with E-state index in [1.807, 2.05) is 13.8 Å². The molecule has 0 aromatic carbocycles. The van der Waals surface area contributed by atoms with Gasteiger partial charge in [-0.25, -0.2) is 5.48 Å². The van der Waals surface area contributed by atoms with Crippen molar-refractivity contribution < 1.29 is 9.63 Å². The summed E-state index contributed by atoms with van der Waals surface area (Å²) in [5.41, 5.74) is 4.62. The van der Waals surface area contributed by atoms with Crippen LogP contribution < -0.4 is 5.48 Å². The zero-order valence-electron chi connectivity index (χ0n) is 10.5. The van der Waals surface area contributed by atoms with Crippen molar-refractivity contribution in [3.8, 4) is 0 Å². The Labute approximate surface area is 101 Å². The van der Waals surface area contributed by atoms with Crippen molar-refractivity contribution >= 4 is 5.91 Å². The molecule has 1 aliphatic rings. The number of nitrogens with one attached hydrogen (secondary N) is 2. The van der Waals surface area contributed by atoms with Gasteiger partial charge in [0.05, 0.1) is 18.2 Å². The van der Waals surface area contributed by atoms with Crippen LogP contribution in [0.2, 0.25) is 0 Å². The van der Waals surface area contributed by atoms with Crippen LogP contribution in [0.1, 0.15) is 44.4 Å². The van der Waals surface area contributed by atoms with E-state index in [2.05, 4.69) is 22.6 Å². The summed E-state index contributed by atoms with van der Waals surface area (Å²) in [6.07, 6.45) is 3.70. The number of fused-ring (bicyclic) bond motifs is 1. The molecule has 1 heterocycles. The van der Waals surface area contributed by atoms with Crippen LogP contribution in [0, 0.1) is 5.92 Å². The molecule has 1 aromatic heterocycles. The van der Waals surface area contributed by atoms with E-state index in [1.54, 1.807) is 6.20 Å². The lowest BCUT2D eigenvalue weighted by atomic mass is 9.78. The Balaban J connectivity index is 2.12. The fraction of sp³-hybridized carbons (Fsp3) is 0.667. The predicted octanol–water partition coefficient (Wildman–Crippen LogP) is 1.53. The van der Waals surface area contributed by atoms with Crippen LogP contribution in [-0.4, -0.2) is 22.2 Å². The van der Waals surface area contributed by atoms with Crippen LogP contribution in [-0.2, 0) is 16.1 Å². The van der Waals surface area contributed by atoms with Gasteiger partial charge in [0.25, 0.3) is 5.91 Å². The molecule has 0 aliphatic heterocycles. The Morgan fingerprint density at radius 3 is 3.12 bits per heavy atom. The minimum Gasteiger partial charge on any atom is -0.282 e. The van der Waals surface area contributed by atoms with Crippen LogP contribution in [0.4, 0.5) is 0 Å². The molecular formula is C12H19N3O2. The van der Waals surface area contributed by atoms with Gasteiger partial charge in [0.1, 0.15) is 0 Å². The highest BCUT2D eigenvalue weighted by Gasteiger charge is 2.33. The third-order valence-electron chi connectivity index (χ3n) is 3.18. The van der Waals surface area contributed by atoms with Crippen molar-refractivity contribution in [2.75, 3.05) is 0 Å². The fourth-order valence-electron chi connectivity index (χ4n) is 2.27. The highest BCUT2D eigenvalue weighted by Crippen LogP contribution is 2.35. The molecule has 0 saturated heterocycles. The molecule has 1 aromatic rings. The lowest BCUT2D eigenvalue weighted by Crippen LogP contribution is -2.36. The minimum absolute atomic E-state index is 0.0123. The minimum atomic E-state index is -0.156. The smallest absolute Gasteiger partial charge is 0.251 e. The normalized spacial score (nSPS) is 23.5. The Hall–Kier alpha value is -1.36. The summed E-state index contributed by atoms with van der Waals surface area (Å²) >= 11 is 0. The van der Waals surface area contributed by atoms with Crippen LogP contribution >= 0.6 is 0 Å². The maximum atomic E-state index is 12.1. The molecule has 5 nitrogen and oxygen atoms in total. The van der Waals surface area contributed by atoms with Gasteiger partial charge in [-0.3, -0.25) is 14.7 Å². The fourth-order valence-corrected chi connectivity index (χ4v) is 2.27. The molecule has 2 N–H and O–H groups in total. The first-order valence-electron chi connectivity index (χ1n) is 6.07. The van der Waals surface area contributed by atoms with Crippen molar-refractivity contribution in [2.24, 2.45) is 5.92 Å². The molecule has 2 rings (SSSR count). The van der Waals surface area contributed by atoms with Gasteiger partial charge in [-0.15, -0.1) is 0 Å². The molecular weight excluding hydrogens is 218 g/mol. The Bertz CT molecular complexity index is 400. The van der Waals surface area contributed by atoms with Crippen LogP contribution in [0.5, 0.6) is 0 Å². The molecule has 0 fully saturated rings. The first-order valence-corrected chi connectivity index (χ1v) is 6.07. The van der Waals surface area contributed by atoms with Crippen molar-refractivity contribution in [1.29, 1.82) is 0 Å². The summed E-state index contributed by atoms with van der Waals surface area (Å²) in [4.78, 5) is 17.3. The standard InChI is InChI=1S/C12H19N3O2/c1-7(2)17-15-12(16)11-8(3)4-5-10-9(11)6-13-14-10/h6-8,11H,4-5H2,1-3H3,(H,13,14)(H,15,16). The van der Waals surface area contributed by atoms with E-state index in [-0.39, 0.29) is 17.9 Å². The molecule has 2 unspecified atom stereocenters. The van der Waals surface area contributed by atoms with Crippen LogP contribution in [0.15, 0.2) is 6.20 Å². The van der Waals surface area contributed by atoms with Gasteiger partial charge >= 0.3 is 0 Å². The van der Waals surface area contributed by atoms with E-state index in [0.29, 0.717) is 5.92 Å². The first kappa shape index (κ1) is 12.1. The van der Waals surface area contributed by atoms with Crippen molar-refractivity contribution in [2.45, 2.75) is 45.6 Å². The number of hydrogen-bond acceptors (Lipinski definition) is 3. The van der Waals surface area contributed by atoms with E-state index in [1.165, 1.54) is 0 Å². The number of aromatic amines is 1. The second-order valence-corrected chi connectivity index (χ2v) is 4.93. The summed E-state index contributed by atoms with van der Waals surface area (Å²) in [6.45, 7) is 5.86. The number of hydroxylamine groups is 1. The second kappa shape index (κ2) is 4.87. The summed E-state index contributed by atoms with van der Waals surface area (Å²) in [5.74, 6) is 0.0839. The Morgan fingerprint density at radius 2 is 2.41 bits per heavy atom. The maximum Gasteiger partial charge on any atom is 0.251 e. The molecule has 94 valence electrons. The van der Waals surface area contributed by atoms with Gasteiger partial charge in [-0.1, -0.05) is 6.92 Å². The topological polar surface area (TPSA) is 67.0 Å². The molecule has 0 saturated carbocycles. The van der Waals surface area contributed by atoms with Crippen LogP contribution in [0.25, 0.3) is 0 Å². The quantitative estimate of drug-likeness (QED) is 0.783. The predicted molar refractivity (Wildman–Crippen MR) is 63.2 cm³/mol. The molecule has 1 aliphatic carbocycles. The lowest BCUT2D eigenvalue weighted by molar-refractivity contribution is -0.139. The van der Waals surface area contributed by atoms with Gasteiger partial charge < -0.3 is 0 Å². The molecule has 0 spiro atoms. The van der Waals surface area contributed by atoms with Gasteiger partial charge in [0, 0.05) is 11.3 Å². The Morgan fingerprint density at radius 1 is 1.65 bits per heavy atom. The van der Waals surface area contributed by atoms with E-state index in [4.69, 9.17) is 4.84 Å². The van der Waals surface area contributed by atoms with Crippen molar-refractivity contribution in [3.63, 3.8) is 0 Å². The van der Waals surface area contributed by atoms with Crippen molar-refractivity contribution in [1.82, 2.24) is 15.7 Å². The number of carbonyl (C=O) groups is 1. The lowest BCUT2D eigenvalue weighted by Gasteiger charge is -2.27. The molecule has 2 atom stereocenters. The van der Waals surface area contributed by atoms with E-state index >= 15 is 0 Å². The first-order chi connectivity index (χ1) is 8.09. The number of aromatic nitrogens is 2. The summed E-state index contributed by atoms with van der Waals surface area (Å²) in [5, 5.41) is 6.98. The van der Waals surface area contributed by atoms with E-state index < -0.39 is 0 Å². The third kappa shape index (κ3) is 2.49. The number of hydrogen-bond donors (Lipinski definition) is 2. The van der Waals surface area contributed by atoms with Gasteiger partial charge in [0.15, 0.2) is 0 Å². The Kier molecular flexibility index (Phi) is 3.47. The zero-order valence-corrected chi connectivity index (χ0v) is 10.5. The third-order valence-corrected chi connectivity index (χ3v) is 3.18. The number of H-pyrrole nitrogens is 1. The largest absolute Gasteiger partial charge is 0.282 e. The van der Waals surface area contributed by atoms with Crippen molar-refractivity contribution in [3.05, 3.63) is 17.5 Å². The number of nitrogens with zero attached hydrogens (tertiary/aromatic N) is 1. The second-order valence-electron chi connectivity index (χ2n) is 4.93. The summed E-state index contributed by atoms with van der Waals surface area (Å²) in [6, 6.07) is 0. The average molecular weight is 237 g/mol. The highest BCUT2D eigenvalue weighted by atomic mass is 16.7. The average Bonchev–Trinajstić information content (AvgIpc) is 2.73. The molecule has 5 heteroatoms. The van der Waals surface area contributed by atoms with Crippen LogP contribution in [0.3, 0.4) is 0 Å². The number of rotatable bonds is 3. The van der Waals surface area contributed by atoms with Gasteiger partial charge in [-0.05, 0) is 32.6 Å². The summed E-state index contributed by atoms with van der Waals surface area (Å²) in [7, 11) is 0. The van der Waals surface area contributed by atoms with Gasteiger partial charge in [0.2, 0.25) is 0 Å². The summed E-state index contributed by atoms with van der Waals surface area (Å²) < 4.78 is 0. The SMILES string of the molecule is CC(C)ONC(=O)C1c2cn[nH]c2CCC1C. The van der Waals surface area contributed by atoms with E-state index in [9.17, 15) is 4.79 Å². The monoisotopic (exact) mass is 237 g/mol. The maximum absolute atomic E-state index is 12.1. The molecule has 1 amide bonds.